The van der Waals surface area contributed by atoms with Crippen LogP contribution in [0, 0.1) is 0 Å². The molecule has 1 heterocycles. The molecule has 1 aromatic rings. The van der Waals surface area contributed by atoms with Crippen LogP contribution in [0.15, 0.2) is 18.2 Å². The Balaban J connectivity index is 1.81. The summed E-state index contributed by atoms with van der Waals surface area (Å²) < 4.78 is 15.7. The summed E-state index contributed by atoms with van der Waals surface area (Å²) in [5.74, 6) is 1.38. The molecule has 116 valence electrons. The maximum atomic E-state index is 11.9. The Hall–Kier alpha value is -1.79. The van der Waals surface area contributed by atoms with E-state index in [0.29, 0.717) is 37.8 Å². The van der Waals surface area contributed by atoms with Crippen molar-refractivity contribution >= 4 is 5.91 Å². The average molecular weight is 294 g/mol. The van der Waals surface area contributed by atoms with Crippen LogP contribution in [-0.2, 0) is 16.0 Å². The molecule has 0 spiro atoms. The maximum absolute atomic E-state index is 11.9. The Kier molecular flexibility index (Phi) is 5.83. The number of rotatable bonds is 6. The fraction of sp³-hybridized carbons (Fsp3) is 0.533. The molecule has 0 saturated carbocycles. The van der Waals surface area contributed by atoms with E-state index in [9.17, 15) is 4.79 Å². The smallest absolute Gasteiger partial charge is 0.239 e. The monoisotopic (exact) mass is 294 g/mol. The van der Waals surface area contributed by atoms with Crippen molar-refractivity contribution in [3.8, 4) is 11.5 Å². The quantitative estimate of drug-likeness (QED) is 0.792. The molecule has 1 amide bonds. The van der Waals surface area contributed by atoms with Gasteiger partial charge in [-0.2, -0.15) is 0 Å². The summed E-state index contributed by atoms with van der Waals surface area (Å²) in [6.07, 6.45) is 0.736. The van der Waals surface area contributed by atoms with Crippen molar-refractivity contribution in [2.24, 2.45) is 0 Å². The summed E-state index contributed by atoms with van der Waals surface area (Å²) in [5.41, 5.74) is 1.08. The lowest BCUT2D eigenvalue weighted by atomic mass is 10.1. The first kappa shape index (κ1) is 15.6. The first-order valence-corrected chi connectivity index (χ1v) is 7.04. The number of hydrogen-bond acceptors (Lipinski definition) is 5. The van der Waals surface area contributed by atoms with Gasteiger partial charge in [0.1, 0.15) is 6.04 Å². The van der Waals surface area contributed by atoms with Crippen LogP contribution in [0.4, 0.5) is 0 Å². The van der Waals surface area contributed by atoms with E-state index in [-0.39, 0.29) is 11.9 Å². The molecule has 1 aliphatic heterocycles. The third kappa shape index (κ3) is 4.34. The van der Waals surface area contributed by atoms with E-state index < -0.39 is 0 Å². The Labute approximate surface area is 124 Å². The molecule has 1 aromatic carbocycles. The Morgan fingerprint density at radius 1 is 1.38 bits per heavy atom. The lowest BCUT2D eigenvalue weighted by Crippen LogP contribution is -2.51. The molecule has 2 N–H and O–H groups in total. The Morgan fingerprint density at radius 2 is 2.19 bits per heavy atom. The van der Waals surface area contributed by atoms with Crippen LogP contribution in [0.25, 0.3) is 0 Å². The van der Waals surface area contributed by atoms with E-state index in [4.69, 9.17) is 14.2 Å². The van der Waals surface area contributed by atoms with Gasteiger partial charge in [-0.15, -0.1) is 0 Å². The minimum absolute atomic E-state index is 0.0184. The number of morpholine rings is 1. The fourth-order valence-electron chi connectivity index (χ4n) is 2.22. The standard InChI is InChI=1S/C15H22N2O4/c1-19-13-4-3-11(9-14(13)20-2)5-6-17-15(18)12-10-21-8-7-16-12/h3-4,9,12,16H,5-8,10H2,1-2H3,(H,17,18). The minimum atomic E-state index is -0.246. The molecule has 6 heteroatoms. The predicted molar refractivity (Wildman–Crippen MR) is 78.9 cm³/mol. The van der Waals surface area contributed by atoms with E-state index in [2.05, 4.69) is 10.6 Å². The first-order chi connectivity index (χ1) is 10.2. The first-order valence-electron chi connectivity index (χ1n) is 7.04. The van der Waals surface area contributed by atoms with Crippen molar-refractivity contribution in [3.05, 3.63) is 23.8 Å². The van der Waals surface area contributed by atoms with Crippen molar-refractivity contribution in [1.82, 2.24) is 10.6 Å². The summed E-state index contributed by atoms with van der Waals surface area (Å²) in [5, 5.41) is 6.04. The molecular formula is C15H22N2O4. The molecule has 0 aromatic heterocycles. The predicted octanol–water partition coefficient (Wildman–Crippen LogP) is 0.351. The normalized spacial score (nSPS) is 18.1. The SMILES string of the molecule is COc1ccc(CCNC(=O)C2COCCN2)cc1OC. The van der Waals surface area contributed by atoms with E-state index in [1.807, 2.05) is 18.2 Å². The van der Waals surface area contributed by atoms with Crippen LogP contribution in [-0.4, -0.2) is 52.5 Å². The van der Waals surface area contributed by atoms with Crippen molar-refractivity contribution in [1.29, 1.82) is 0 Å². The number of amides is 1. The lowest BCUT2D eigenvalue weighted by molar-refractivity contribution is -0.125. The number of carbonyl (C=O) groups is 1. The molecule has 1 unspecified atom stereocenters. The highest BCUT2D eigenvalue weighted by molar-refractivity contribution is 5.81. The summed E-state index contributed by atoms with van der Waals surface area (Å²) in [6.45, 7) is 2.39. The molecule has 1 atom stereocenters. The van der Waals surface area contributed by atoms with Gasteiger partial charge in [-0.05, 0) is 24.1 Å². The van der Waals surface area contributed by atoms with Gasteiger partial charge < -0.3 is 24.8 Å². The topological polar surface area (TPSA) is 68.8 Å². The van der Waals surface area contributed by atoms with Gasteiger partial charge in [-0.1, -0.05) is 6.07 Å². The highest BCUT2D eigenvalue weighted by Crippen LogP contribution is 2.27. The molecule has 0 bridgehead atoms. The molecule has 6 nitrogen and oxygen atoms in total. The molecule has 0 aliphatic carbocycles. The molecule has 1 fully saturated rings. The molecule has 21 heavy (non-hydrogen) atoms. The number of carbonyl (C=O) groups excluding carboxylic acids is 1. The number of hydrogen-bond donors (Lipinski definition) is 2. The van der Waals surface area contributed by atoms with Gasteiger partial charge in [-0.25, -0.2) is 0 Å². The molecule has 1 aliphatic rings. The Morgan fingerprint density at radius 3 is 2.86 bits per heavy atom. The van der Waals surface area contributed by atoms with Crippen molar-refractivity contribution in [2.75, 3.05) is 40.5 Å². The van der Waals surface area contributed by atoms with Crippen LogP contribution < -0.4 is 20.1 Å². The van der Waals surface area contributed by atoms with Gasteiger partial charge in [-0.3, -0.25) is 4.79 Å². The van der Waals surface area contributed by atoms with Gasteiger partial charge in [0.2, 0.25) is 5.91 Å². The van der Waals surface area contributed by atoms with Gasteiger partial charge in [0, 0.05) is 13.1 Å². The molecule has 0 radical (unpaired) electrons. The number of benzene rings is 1. The van der Waals surface area contributed by atoms with Crippen LogP contribution in [0.5, 0.6) is 11.5 Å². The van der Waals surface area contributed by atoms with Gasteiger partial charge in [0.25, 0.3) is 0 Å². The third-order valence-corrected chi connectivity index (χ3v) is 3.40. The zero-order valence-electron chi connectivity index (χ0n) is 12.5. The summed E-state index contributed by atoms with van der Waals surface area (Å²) >= 11 is 0. The second kappa shape index (κ2) is 7.85. The number of ether oxygens (including phenoxy) is 3. The van der Waals surface area contributed by atoms with Crippen molar-refractivity contribution in [2.45, 2.75) is 12.5 Å². The third-order valence-electron chi connectivity index (χ3n) is 3.40. The highest BCUT2D eigenvalue weighted by Gasteiger charge is 2.20. The summed E-state index contributed by atoms with van der Waals surface area (Å²) in [6, 6.07) is 5.51. The molecule has 1 saturated heterocycles. The maximum Gasteiger partial charge on any atom is 0.239 e. The van der Waals surface area contributed by atoms with Crippen molar-refractivity contribution in [3.63, 3.8) is 0 Å². The van der Waals surface area contributed by atoms with E-state index >= 15 is 0 Å². The largest absolute Gasteiger partial charge is 0.493 e. The van der Waals surface area contributed by atoms with Crippen LogP contribution in [0.2, 0.25) is 0 Å². The van der Waals surface area contributed by atoms with Crippen molar-refractivity contribution < 1.29 is 19.0 Å². The number of nitrogens with one attached hydrogen (secondary N) is 2. The van der Waals surface area contributed by atoms with Gasteiger partial charge >= 0.3 is 0 Å². The molecule has 2 rings (SSSR count). The van der Waals surface area contributed by atoms with Crippen LogP contribution >= 0.6 is 0 Å². The minimum Gasteiger partial charge on any atom is -0.493 e. The summed E-state index contributed by atoms with van der Waals surface area (Å²) in [7, 11) is 3.22. The zero-order chi connectivity index (χ0) is 15.1. The zero-order valence-corrected chi connectivity index (χ0v) is 12.5. The van der Waals surface area contributed by atoms with Crippen LogP contribution in [0.1, 0.15) is 5.56 Å². The number of methoxy groups -OCH3 is 2. The van der Waals surface area contributed by atoms with Crippen LogP contribution in [0.3, 0.4) is 0 Å². The Bertz CT molecular complexity index is 473. The molecular weight excluding hydrogens is 272 g/mol. The second-order valence-electron chi connectivity index (χ2n) is 4.81. The van der Waals surface area contributed by atoms with Gasteiger partial charge in [0.15, 0.2) is 11.5 Å². The highest BCUT2D eigenvalue weighted by atomic mass is 16.5. The van der Waals surface area contributed by atoms with Gasteiger partial charge in [0.05, 0.1) is 27.4 Å². The van der Waals surface area contributed by atoms with E-state index in [1.54, 1.807) is 14.2 Å². The fourth-order valence-corrected chi connectivity index (χ4v) is 2.22. The van der Waals surface area contributed by atoms with E-state index in [1.165, 1.54) is 0 Å². The summed E-state index contributed by atoms with van der Waals surface area (Å²) in [4.78, 5) is 11.9. The average Bonchev–Trinajstić information content (AvgIpc) is 2.55. The second-order valence-corrected chi connectivity index (χ2v) is 4.81. The lowest BCUT2D eigenvalue weighted by Gasteiger charge is -2.22. The van der Waals surface area contributed by atoms with E-state index in [0.717, 1.165) is 12.0 Å².